The van der Waals surface area contributed by atoms with Crippen LogP contribution in [0.25, 0.3) is 0 Å². The number of hydrogen-bond donors (Lipinski definition) is 0. The van der Waals surface area contributed by atoms with Gasteiger partial charge >= 0.3 is 0 Å². The first-order valence-electron chi connectivity index (χ1n) is 5.37. The van der Waals surface area contributed by atoms with E-state index in [2.05, 4.69) is 0 Å². The lowest BCUT2D eigenvalue weighted by Gasteiger charge is -2.13. The molecule has 1 saturated heterocycles. The molecule has 0 radical (unpaired) electrons. The van der Waals surface area contributed by atoms with Crippen LogP contribution in [-0.2, 0) is 9.59 Å². The topological polar surface area (TPSA) is 37.4 Å². The number of likely N-dealkylation sites (tertiary alicyclic amines) is 1. The van der Waals surface area contributed by atoms with E-state index in [-0.39, 0.29) is 23.5 Å². The molecule has 1 aliphatic rings. The fraction of sp³-hybridized carbons (Fsp3) is 0.818. The third-order valence-corrected chi connectivity index (χ3v) is 2.88. The highest BCUT2D eigenvalue weighted by Crippen LogP contribution is 2.22. The SMILES string of the molecule is CCN1CC[C@H](CC(=O)C(C)C)C1=O. The van der Waals surface area contributed by atoms with Gasteiger partial charge in [-0.05, 0) is 13.3 Å². The minimum Gasteiger partial charge on any atom is -0.343 e. The molecule has 1 heterocycles. The Morgan fingerprint density at radius 2 is 2.21 bits per heavy atom. The van der Waals surface area contributed by atoms with Crippen molar-refractivity contribution in [3.63, 3.8) is 0 Å². The van der Waals surface area contributed by atoms with Crippen LogP contribution in [0, 0.1) is 11.8 Å². The fourth-order valence-electron chi connectivity index (χ4n) is 1.79. The third-order valence-electron chi connectivity index (χ3n) is 2.88. The molecule has 1 atom stereocenters. The predicted molar refractivity (Wildman–Crippen MR) is 54.8 cm³/mol. The Labute approximate surface area is 85.5 Å². The maximum Gasteiger partial charge on any atom is 0.226 e. The van der Waals surface area contributed by atoms with Crippen LogP contribution < -0.4 is 0 Å². The molecule has 0 unspecified atom stereocenters. The molecule has 0 aromatic carbocycles. The molecule has 1 aliphatic heterocycles. The first kappa shape index (κ1) is 11.2. The van der Waals surface area contributed by atoms with Crippen molar-refractivity contribution in [1.29, 1.82) is 0 Å². The van der Waals surface area contributed by atoms with Gasteiger partial charge in [0.2, 0.25) is 5.91 Å². The molecular weight excluding hydrogens is 178 g/mol. The van der Waals surface area contributed by atoms with Crippen molar-refractivity contribution in [2.75, 3.05) is 13.1 Å². The van der Waals surface area contributed by atoms with Gasteiger partial charge < -0.3 is 4.90 Å². The summed E-state index contributed by atoms with van der Waals surface area (Å²) in [7, 11) is 0. The highest BCUT2D eigenvalue weighted by molar-refractivity contribution is 5.88. The molecule has 0 N–H and O–H groups in total. The Hall–Kier alpha value is -0.860. The number of carbonyl (C=O) groups is 2. The maximum absolute atomic E-state index is 11.7. The Kier molecular flexibility index (Phi) is 3.67. The molecule has 1 amide bonds. The fourth-order valence-corrected chi connectivity index (χ4v) is 1.79. The Morgan fingerprint density at radius 1 is 1.57 bits per heavy atom. The zero-order valence-corrected chi connectivity index (χ0v) is 9.25. The predicted octanol–water partition coefficient (Wildman–Crippen LogP) is 1.47. The molecule has 0 aliphatic carbocycles. The van der Waals surface area contributed by atoms with Gasteiger partial charge in [0.15, 0.2) is 0 Å². The van der Waals surface area contributed by atoms with Crippen LogP contribution in [0.5, 0.6) is 0 Å². The largest absolute Gasteiger partial charge is 0.343 e. The summed E-state index contributed by atoms with van der Waals surface area (Å²) in [6.07, 6.45) is 1.29. The summed E-state index contributed by atoms with van der Waals surface area (Å²) in [5, 5.41) is 0. The van der Waals surface area contributed by atoms with Gasteiger partial charge in [-0.2, -0.15) is 0 Å². The standard InChI is InChI=1S/C11H19NO2/c1-4-12-6-5-9(11(12)14)7-10(13)8(2)3/h8-9H,4-7H2,1-3H3/t9-/m1/s1. The average Bonchev–Trinajstić information content (AvgIpc) is 2.47. The van der Waals surface area contributed by atoms with Gasteiger partial charge in [-0.25, -0.2) is 0 Å². The van der Waals surface area contributed by atoms with Crippen molar-refractivity contribution in [3.05, 3.63) is 0 Å². The summed E-state index contributed by atoms with van der Waals surface area (Å²) >= 11 is 0. The van der Waals surface area contributed by atoms with E-state index in [0.29, 0.717) is 6.42 Å². The van der Waals surface area contributed by atoms with E-state index in [1.165, 1.54) is 0 Å². The van der Waals surface area contributed by atoms with Crippen molar-refractivity contribution in [2.24, 2.45) is 11.8 Å². The maximum atomic E-state index is 11.7. The molecule has 0 bridgehead atoms. The van der Waals surface area contributed by atoms with E-state index >= 15 is 0 Å². The Morgan fingerprint density at radius 3 is 2.64 bits per heavy atom. The van der Waals surface area contributed by atoms with Crippen molar-refractivity contribution in [2.45, 2.75) is 33.6 Å². The Balaban J connectivity index is 2.48. The Bertz CT molecular complexity index is 235. The van der Waals surface area contributed by atoms with Crippen molar-refractivity contribution >= 4 is 11.7 Å². The number of nitrogens with zero attached hydrogens (tertiary/aromatic N) is 1. The number of Topliss-reactive ketones (excluding diaryl/α,β-unsaturated/α-hetero) is 1. The molecule has 0 aromatic rings. The lowest BCUT2D eigenvalue weighted by molar-refractivity contribution is -0.134. The zero-order valence-electron chi connectivity index (χ0n) is 9.25. The molecule has 1 rings (SSSR count). The second-order valence-electron chi connectivity index (χ2n) is 4.23. The molecule has 80 valence electrons. The second kappa shape index (κ2) is 4.58. The van der Waals surface area contributed by atoms with E-state index < -0.39 is 0 Å². The van der Waals surface area contributed by atoms with E-state index in [1.807, 2.05) is 25.7 Å². The molecule has 1 fully saturated rings. The lowest BCUT2D eigenvalue weighted by Crippen LogP contribution is -2.28. The molecule has 14 heavy (non-hydrogen) atoms. The third kappa shape index (κ3) is 2.34. The summed E-state index contributed by atoms with van der Waals surface area (Å²) in [4.78, 5) is 25.0. The van der Waals surface area contributed by atoms with Gasteiger partial charge in [0.25, 0.3) is 0 Å². The minimum absolute atomic E-state index is 0.0372. The summed E-state index contributed by atoms with van der Waals surface area (Å²) in [6, 6.07) is 0. The zero-order chi connectivity index (χ0) is 10.7. The van der Waals surface area contributed by atoms with Crippen LogP contribution in [0.3, 0.4) is 0 Å². The van der Waals surface area contributed by atoms with Gasteiger partial charge in [0, 0.05) is 31.3 Å². The van der Waals surface area contributed by atoms with E-state index in [1.54, 1.807) is 0 Å². The summed E-state index contributed by atoms with van der Waals surface area (Å²) in [6.45, 7) is 7.35. The molecule has 3 heteroatoms. The number of ketones is 1. The second-order valence-corrected chi connectivity index (χ2v) is 4.23. The van der Waals surface area contributed by atoms with Gasteiger partial charge in [-0.15, -0.1) is 0 Å². The van der Waals surface area contributed by atoms with Crippen LogP contribution >= 0.6 is 0 Å². The molecular formula is C11H19NO2. The van der Waals surface area contributed by atoms with Gasteiger partial charge in [0.05, 0.1) is 0 Å². The van der Waals surface area contributed by atoms with Crippen LogP contribution in [0.15, 0.2) is 0 Å². The normalized spacial score (nSPS) is 22.1. The number of amides is 1. The smallest absolute Gasteiger partial charge is 0.226 e. The quantitative estimate of drug-likeness (QED) is 0.684. The first-order valence-corrected chi connectivity index (χ1v) is 5.37. The van der Waals surface area contributed by atoms with Gasteiger partial charge in [0.1, 0.15) is 5.78 Å². The highest BCUT2D eigenvalue weighted by Gasteiger charge is 2.32. The van der Waals surface area contributed by atoms with Crippen LogP contribution in [-0.4, -0.2) is 29.7 Å². The van der Waals surface area contributed by atoms with Crippen LogP contribution in [0.1, 0.15) is 33.6 Å². The van der Waals surface area contributed by atoms with Crippen molar-refractivity contribution in [1.82, 2.24) is 4.90 Å². The summed E-state index contributed by atoms with van der Waals surface area (Å²) < 4.78 is 0. The number of carbonyl (C=O) groups excluding carboxylic acids is 2. The van der Waals surface area contributed by atoms with Gasteiger partial charge in [-0.3, -0.25) is 9.59 Å². The highest BCUT2D eigenvalue weighted by atomic mass is 16.2. The lowest BCUT2D eigenvalue weighted by atomic mass is 9.95. The van der Waals surface area contributed by atoms with Crippen molar-refractivity contribution in [3.8, 4) is 0 Å². The van der Waals surface area contributed by atoms with E-state index in [4.69, 9.17) is 0 Å². The van der Waals surface area contributed by atoms with Crippen molar-refractivity contribution < 1.29 is 9.59 Å². The van der Waals surface area contributed by atoms with Gasteiger partial charge in [-0.1, -0.05) is 13.8 Å². The summed E-state index contributed by atoms with van der Waals surface area (Å²) in [5.41, 5.74) is 0. The van der Waals surface area contributed by atoms with E-state index in [9.17, 15) is 9.59 Å². The molecule has 0 spiro atoms. The number of rotatable bonds is 4. The summed E-state index contributed by atoms with van der Waals surface area (Å²) in [5.74, 6) is 0.395. The van der Waals surface area contributed by atoms with E-state index in [0.717, 1.165) is 19.5 Å². The van der Waals surface area contributed by atoms with Crippen LogP contribution in [0.2, 0.25) is 0 Å². The minimum atomic E-state index is -0.0372. The molecule has 0 aromatic heterocycles. The molecule has 0 saturated carbocycles. The number of hydrogen-bond acceptors (Lipinski definition) is 2. The average molecular weight is 197 g/mol. The monoisotopic (exact) mass is 197 g/mol. The molecule has 3 nitrogen and oxygen atoms in total. The first-order chi connectivity index (χ1) is 6.56. The van der Waals surface area contributed by atoms with Crippen LogP contribution in [0.4, 0.5) is 0 Å².